The van der Waals surface area contributed by atoms with Crippen molar-refractivity contribution in [2.24, 2.45) is 5.41 Å². The van der Waals surface area contributed by atoms with Crippen molar-refractivity contribution in [3.63, 3.8) is 0 Å². The Hall–Kier alpha value is -0.940. The van der Waals surface area contributed by atoms with Crippen molar-refractivity contribution in [3.8, 4) is 0 Å². The summed E-state index contributed by atoms with van der Waals surface area (Å²) < 4.78 is 0. The lowest BCUT2D eigenvalue weighted by molar-refractivity contribution is -0.126. The van der Waals surface area contributed by atoms with E-state index in [9.17, 15) is 9.59 Å². The van der Waals surface area contributed by atoms with Crippen molar-refractivity contribution in [1.82, 2.24) is 16.0 Å². The van der Waals surface area contributed by atoms with Crippen LogP contribution in [-0.2, 0) is 9.59 Å². The molecule has 0 fully saturated rings. The van der Waals surface area contributed by atoms with E-state index in [0.29, 0.717) is 18.7 Å². The predicted molar refractivity (Wildman–Crippen MR) is 124 cm³/mol. The second kappa shape index (κ2) is 12.7. The molecule has 0 aliphatic rings. The summed E-state index contributed by atoms with van der Waals surface area (Å²) in [4.78, 5) is 24.6. The van der Waals surface area contributed by atoms with Gasteiger partial charge in [-0.05, 0) is 73.8 Å². The summed E-state index contributed by atoms with van der Waals surface area (Å²) in [5, 5.41) is 10.1. The van der Waals surface area contributed by atoms with Gasteiger partial charge in [0.15, 0.2) is 0 Å². The molecule has 5 heteroatoms. The van der Waals surface area contributed by atoms with Gasteiger partial charge in [-0.25, -0.2) is 0 Å². The van der Waals surface area contributed by atoms with Crippen LogP contribution in [-0.4, -0.2) is 41.9 Å². The minimum Gasteiger partial charge on any atom is -0.355 e. The van der Waals surface area contributed by atoms with Crippen LogP contribution < -0.4 is 16.0 Å². The fraction of sp³-hybridized carbons (Fsp3) is 0.917. The highest BCUT2D eigenvalue weighted by Gasteiger charge is 2.23. The van der Waals surface area contributed by atoms with Gasteiger partial charge in [0.2, 0.25) is 5.91 Å². The lowest BCUT2D eigenvalue weighted by atomic mass is 9.88. The van der Waals surface area contributed by atoms with Gasteiger partial charge in [-0.1, -0.05) is 33.6 Å². The van der Waals surface area contributed by atoms with Crippen LogP contribution in [0.3, 0.4) is 0 Å². The summed E-state index contributed by atoms with van der Waals surface area (Å²) in [6.07, 6.45) is 6.34. The Morgan fingerprint density at radius 3 is 1.83 bits per heavy atom. The molecule has 0 saturated heterocycles. The number of amides is 1. The Morgan fingerprint density at radius 1 is 0.724 bits per heavy atom. The maximum Gasteiger partial charge on any atom is 0.237 e. The molecule has 0 aromatic carbocycles. The van der Waals surface area contributed by atoms with Crippen molar-refractivity contribution in [1.29, 1.82) is 0 Å². The number of unbranched alkanes of at least 4 members (excludes halogenated alkanes) is 3. The smallest absolute Gasteiger partial charge is 0.237 e. The second-order valence-electron chi connectivity index (χ2n) is 11.4. The summed E-state index contributed by atoms with van der Waals surface area (Å²) >= 11 is 0. The molecule has 0 aromatic heterocycles. The molecule has 0 aromatic rings. The van der Waals surface area contributed by atoms with Crippen molar-refractivity contribution in [2.45, 2.75) is 124 Å². The molecular weight excluding hydrogens is 362 g/mol. The zero-order chi connectivity index (χ0) is 22.7. The van der Waals surface area contributed by atoms with E-state index < -0.39 is 0 Å². The van der Waals surface area contributed by atoms with Gasteiger partial charge in [-0.3, -0.25) is 9.59 Å². The van der Waals surface area contributed by atoms with E-state index in [1.54, 1.807) is 0 Å². The van der Waals surface area contributed by atoms with Crippen molar-refractivity contribution < 1.29 is 9.59 Å². The topological polar surface area (TPSA) is 70.2 Å². The maximum absolute atomic E-state index is 12.7. The van der Waals surface area contributed by atoms with Crippen LogP contribution in [0.1, 0.15) is 107 Å². The Morgan fingerprint density at radius 2 is 1.31 bits per heavy atom. The quantitative estimate of drug-likeness (QED) is 0.388. The molecule has 0 aliphatic heterocycles. The predicted octanol–water partition coefficient (Wildman–Crippen LogP) is 4.59. The van der Waals surface area contributed by atoms with Crippen LogP contribution in [0.2, 0.25) is 0 Å². The Bertz CT molecular complexity index is 482. The Labute approximate surface area is 180 Å². The third-order valence-corrected chi connectivity index (χ3v) is 4.72. The van der Waals surface area contributed by atoms with Crippen molar-refractivity contribution >= 4 is 11.7 Å². The first-order valence-corrected chi connectivity index (χ1v) is 11.5. The second-order valence-corrected chi connectivity index (χ2v) is 11.4. The number of hydrogen-bond acceptors (Lipinski definition) is 4. The van der Waals surface area contributed by atoms with E-state index in [4.69, 9.17) is 0 Å². The van der Waals surface area contributed by atoms with Crippen LogP contribution in [0.4, 0.5) is 0 Å². The molecule has 1 unspecified atom stereocenters. The highest BCUT2D eigenvalue weighted by atomic mass is 16.2. The standard InChI is InChI=1S/C24H49N3O2/c1-22(2,3)20(28)16-11-10-13-17-25-21(29)19(27-24(7,8)9)15-12-14-18-26-23(4,5)6/h19,26-27H,10-18H2,1-9H3,(H,25,29). The first-order chi connectivity index (χ1) is 13.1. The van der Waals surface area contributed by atoms with E-state index >= 15 is 0 Å². The maximum atomic E-state index is 12.7. The molecule has 1 amide bonds. The van der Waals surface area contributed by atoms with E-state index in [2.05, 4.69) is 57.5 Å². The molecule has 172 valence electrons. The average molecular weight is 412 g/mol. The molecule has 5 nitrogen and oxygen atoms in total. The largest absolute Gasteiger partial charge is 0.355 e. The van der Waals surface area contributed by atoms with Gasteiger partial charge in [0.25, 0.3) is 0 Å². The summed E-state index contributed by atoms with van der Waals surface area (Å²) in [5.74, 6) is 0.409. The average Bonchev–Trinajstić information content (AvgIpc) is 2.53. The summed E-state index contributed by atoms with van der Waals surface area (Å²) in [6.45, 7) is 20.4. The van der Waals surface area contributed by atoms with Crippen molar-refractivity contribution in [2.75, 3.05) is 13.1 Å². The number of ketones is 1. The highest BCUT2D eigenvalue weighted by molar-refractivity contribution is 5.83. The minimum atomic E-state index is -0.248. The summed E-state index contributed by atoms with van der Waals surface area (Å²) in [5.41, 5.74) is -0.209. The van der Waals surface area contributed by atoms with Gasteiger partial charge in [0.05, 0.1) is 6.04 Å². The molecule has 0 aliphatic carbocycles. The summed E-state index contributed by atoms with van der Waals surface area (Å²) in [7, 11) is 0. The highest BCUT2D eigenvalue weighted by Crippen LogP contribution is 2.18. The Balaban J connectivity index is 4.22. The van der Waals surface area contributed by atoms with Gasteiger partial charge in [0, 0.05) is 29.5 Å². The summed E-state index contributed by atoms with van der Waals surface area (Å²) in [6, 6.07) is -0.160. The normalized spacial score (nSPS) is 14.0. The Kier molecular flexibility index (Phi) is 12.3. The van der Waals surface area contributed by atoms with E-state index in [0.717, 1.165) is 45.1 Å². The molecular formula is C24H49N3O2. The third kappa shape index (κ3) is 16.5. The zero-order valence-electron chi connectivity index (χ0n) is 20.8. The van der Waals surface area contributed by atoms with Gasteiger partial charge >= 0.3 is 0 Å². The van der Waals surface area contributed by atoms with E-state index in [1.807, 2.05) is 20.8 Å². The molecule has 0 bridgehead atoms. The molecule has 0 rings (SSSR count). The number of Topliss-reactive ketones (excluding diaryl/α,β-unsaturated/α-hetero) is 1. The van der Waals surface area contributed by atoms with Gasteiger partial charge in [-0.15, -0.1) is 0 Å². The van der Waals surface area contributed by atoms with Crippen LogP contribution in [0.15, 0.2) is 0 Å². The number of hydrogen-bond donors (Lipinski definition) is 3. The van der Waals surface area contributed by atoms with Crippen LogP contribution in [0.25, 0.3) is 0 Å². The number of carbonyl (C=O) groups is 2. The number of rotatable bonds is 13. The molecule has 0 heterocycles. The lowest BCUT2D eigenvalue weighted by Crippen LogP contribution is -2.51. The van der Waals surface area contributed by atoms with Crippen molar-refractivity contribution in [3.05, 3.63) is 0 Å². The van der Waals surface area contributed by atoms with Crippen LogP contribution in [0.5, 0.6) is 0 Å². The number of carbonyl (C=O) groups excluding carboxylic acids is 2. The monoisotopic (exact) mass is 411 g/mol. The van der Waals surface area contributed by atoms with Gasteiger partial charge in [-0.2, -0.15) is 0 Å². The minimum absolute atomic E-state index is 0.0921. The fourth-order valence-electron chi connectivity index (χ4n) is 3.03. The molecule has 0 spiro atoms. The van der Waals surface area contributed by atoms with E-state index in [-0.39, 0.29) is 28.4 Å². The third-order valence-electron chi connectivity index (χ3n) is 4.72. The fourth-order valence-corrected chi connectivity index (χ4v) is 3.03. The first kappa shape index (κ1) is 28.1. The molecule has 1 atom stereocenters. The molecule has 0 radical (unpaired) electrons. The van der Waals surface area contributed by atoms with Gasteiger partial charge < -0.3 is 16.0 Å². The zero-order valence-corrected chi connectivity index (χ0v) is 20.8. The molecule has 29 heavy (non-hydrogen) atoms. The van der Waals surface area contributed by atoms with Crippen LogP contribution >= 0.6 is 0 Å². The molecule has 0 saturated carbocycles. The first-order valence-electron chi connectivity index (χ1n) is 11.5. The van der Waals surface area contributed by atoms with Crippen LogP contribution in [0, 0.1) is 5.41 Å². The van der Waals surface area contributed by atoms with Gasteiger partial charge in [0.1, 0.15) is 5.78 Å². The van der Waals surface area contributed by atoms with E-state index in [1.165, 1.54) is 0 Å². The number of nitrogens with one attached hydrogen (secondary N) is 3. The molecule has 3 N–H and O–H groups in total. The SMILES string of the molecule is CC(C)(C)NCCCCC(NC(C)(C)C)C(=O)NCCCCCC(=O)C(C)(C)C. The lowest BCUT2D eigenvalue weighted by Gasteiger charge is -2.28.